The number of aromatic nitrogens is 5. The maximum atomic E-state index is 12.5. The molecule has 3 N–H and O–H groups in total. The normalized spacial score (nSPS) is 12.6. The van der Waals surface area contributed by atoms with E-state index < -0.39 is 5.60 Å². The van der Waals surface area contributed by atoms with Crippen LogP contribution in [0.4, 0.5) is 11.6 Å². The van der Waals surface area contributed by atoms with Crippen molar-refractivity contribution in [2.24, 2.45) is 7.05 Å². The molecule has 3 heterocycles. The Morgan fingerprint density at radius 2 is 1.64 bits per heavy atom. The molecule has 42 heavy (non-hydrogen) atoms. The molecule has 9 heteroatoms. The number of hydrogen-bond acceptors (Lipinski definition) is 6. The minimum Gasteiger partial charge on any atom is -0.374 e. The van der Waals surface area contributed by atoms with E-state index in [1.807, 2.05) is 98.3 Å². The molecule has 6 aromatic rings. The van der Waals surface area contributed by atoms with Gasteiger partial charge in [0.25, 0.3) is 0 Å². The summed E-state index contributed by atoms with van der Waals surface area (Å²) in [6.07, 6.45) is 6.78. The molecule has 0 saturated carbocycles. The van der Waals surface area contributed by atoms with Gasteiger partial charge in [0.1, 0.15) is 0 Å². The predicted octanol–water partition coefficient (Wildman–Crippen LogP) is 6.14. The van der Waals surface area contributed by atoms with Crippen LogP contribution in [0.1, 0.15) is 27.9 Å². The van der Waals surface area contributed by atoms with Crippen molar-refractivity contribution >= 4 is 39.9 Å². The molecule has 1 atom stereocenters. The smallest absolute Gasteiger partial charge is 0.230 e. The van der Waals surface area contributed by atoms with Gasteiger partial charge >= 0.3 is 0 Å². The number of nitrogens with one attached hydrogen (secondary N) is 2. The average molecular weight is 572 g/mol. The van der Waals surface area contributed by atoms with Crippen LogP contribution < -0.4 is 10.6 Å². The van der Waals surface area contributed by atoms with Gasteiger partial charge in [-0.05, 0) is 67.5 Å². The van der Waals surface area contributed by atoms with Crippen molar-refractivity contribution in [2.75, 3.05) is 10.6 Å². The fourth-order valence-electron chi connectivity index (χ4n) is 5.09. The summed E-state index contributed by atoms with van der Waals surface area (Å²) >= 11 is 5.54. The van der Waals surface area contributed by atoms with Crippen molar-refractivity contribution in [3.63, 3.8) is 0 Å². The number of nitrogens with zero attached hydrogens (tertiary/aromatic N) is 5. The molecular formula is C33H29N7OS. The summed E-state index contributed by atoms with van der Waals surface area (Å²) in [4.78, 5) is 18.1. The Labute approximate surface area is 249 Å². The lowest BCUT2D eigenvalue weighted by Gasteiger charge is -2.30. The lowest BCUT2D eigenvalue weighted by atomic mass is 9.82. The maximum absolute atomic E-state index is 12.5. The molecule has 3 aromatic heterocycles. The fourth-order valence-corrected chi connectivity index (χ4v) is 5.29. The lowest BCUT2D eigenvalue weighted by molar-refractivity contribution is 0.117. The van der Waals surface area contributed by atoms with Gasteiger partial charge in [-0.3, -0.25) is 4.98 Å². The third-order valence-electron chi connectivity index (χ3n) is 7.21. The SMILES string of the molecule is Cc1ccc(C(O)(c2ccc3nc(NC(=S)Nc4cccnc4)nc(-c4cccc(C)c4)c3c2)c2cncn2C)cc1. The zero-order valence-electron chi connectivity index (χ0n) is 23.4. The van der Waals surface area contributed by atoms with Gasteiger partial charge in [-0.25, -0.2) is 15.0 Å². The van der Waals surface area contributed by atoms with E-state index >= 15 is 0 Å². The Morgan fingerprint density at radius 3 is 2.36 bits per heavy atom. The standard InChI is InChI=1S/C33H29N7OS/c1-21-9-11-24(12-10-21)33(41,29-19-35-20-40(29)3)25-13-14-28-27(17-25)30(23-7-4-6-22(2)16-23)38-31(37-28)39-32(42)36-26-8-5-15-34-18-26/h4-20,41H,1-3H3,(H2,36,37,38,39,42). The Balaban J connectivity index is 1.50. The first kappa shape index (κ1) is 27.2. The quantitative estimate of drug-likeness (QED) is 0.205. The molecule has 0 spiro atoms. The van der Waals surface area contributed by atoms with Crippen LogP contribution in [0.25, 0.3) is 22.2 Å². The molecule has 8 nitrogen and oxygen atoms in total. The first-order chi connectivity index (χ1) is 20.3. The van der Waals surface area contributed by atoms with E-state index in [4.69, 9.17) is 22.2 Å². The highest BCUT2D eigenvalue weighted by Crippen LogP contribution is 2.39. The number of hydrogen-bond donors (Lipinski definition) is 3. The van der Waals surface area contributed by atoms with Crippen LogP contribution in [0.3, 0.4) is 0 Å². The number of rotatable bonds is 6. The molecule has 0 amide bonds. The lowest BCUT2D eigenvalue weighted by Crippen LogP contribution is -2.31. The van der Waals surface area contributed by atoms with Gasteiger partial charge in [0.15, 0.2) is 10.7 Å². The topological polar surface area (TPSA) is 101 Å². The van der Waals surface area contributed by atoms with Gasteiger partial charge in [-0.2, -0.15) is 0 Å². The van der Waals surface area contributed by atoms with Gasteiger partial charge in [-0.1, -0.05) is 59.7 Å². The Morgan fingerprint density at radius 1 is 0.833 bits per heavy atom. The largest absolute Gasteiger partial charge is 0.374 e. The molecular weight excluding hydrogens is 542 g/mol. The van der Waals surface area contributed by atoms with E-state index in [-0.39, 0.29) is 0 Å². The molecule has 0 aliphatic carbocycles. The maximum Gasteiger partial charge on any atom is 0.230 e. The monoisotopic (exact) mass is 571 g/mol. The van der Waals surface area contributed by atoms with Gasteiger partial charge in [0, 0.05) is 24.2 Å². The third kappa shape index (κ3) is 5.23. The number of thiocarbonyl (C=S) groups is 1. The van der Waals surface area contributed by atoms with Crippen molar-refractivity contribution in [1.82, 2.24) is 24.5 Å². The first-order valence-electron chi connectivity index (χ1n) is 13.4. The highest BCUT2D eigenvalue weighted by atomic mass is 32.1. The fraction of sp³-hybridized carbons (Fsp3) is 0.121. The van der Waals surface area contributed by atoms with Crippen LogP contribution in [0, 0.1) is 13.8 Å². The van der Waals surface area contributed by atoms with E-state index in [1.165, 1.54) is 0 Å². The van der Waals surface area contributed by atoms with Gasteiger partial charge < -0.3 is 20.3 Å². The minimum absolute atomic E-state index is 0.346. The summed E-state index contributed by atoms with van der Waals surface area (Å²) < 4.78 is 1.84. The Kier molecular flexibility index (Phi) is 7.20. The molecule has 0 bridgehead atoms. The van der Waals surface area contributed by atoms with Crippen LogP contribution in [0.5, 0.6) is 0 Å². The number of fused-ring (bicyclic) bond motifs is 1. The zero-order valence-corrected chi connectivity index (χ0v) is 24.2. The van der Waals surface area contributed by atoms with E-state index in [2.05, 4.69) is 26.7 Å². The highest BCUT2D eigenvalue weighted by molar-refractivity contribution is 7.80. The Bertz CT molecular complexity index is 1900. The molecule has 3 aromatic carbocycles. The van der Waals surface area contributed by atoms with Crippen molar-refractivity contribution in [3.05, 3.63) is 132 Å². The highest BCUT2D eigenvalue weighted by Gasteiger charge is 2.37. The number of benzene rings is 3. The second-order valence-corrected chi connectivity index (χ2v) is 10.7. The molecule has 208 valence electrons. The van der Waals surface area contributed by atoms with Crippen molar-refractivity contribution in [3.8, 4) is 11.3 Å². The van der Waals surface area contributed by atoms with Crippen LogP contribution in [-0.2, 0) is 12.6 Å². The summed E-state index contributed by atoms with van der Waals surface area (Å²) in [5, 5.41) is 19.9. The van der Waals surface area contributed by atoms with Crippen molar-refractivity contribution in [2.45, 2.75) is 19.4 Å². The van der Waals surface area contributed by atoms with Crippen LogP contribution in [-0.4, -0.2) is 34.7 Å². The van der Waals surface area contributed by atoms with E-state index in [1.54, 1.807) is 24.9 Å². The molecule has 0 radical (unpaired) electrons. The summed E-state index contributed by atoms with van der Waals surface area (Å²) in [7, 11) is 1.88. The first-order valence-corrected chi connectivity index (χ1v) is 13.9. The Hall–Kier alpha value is -4.99. The number of pyridine rings is 1. The van der Waals surface area contributed by atoms with Crippen LogP contribution in [0.2, 0.25) is 0 Å². The van der Waals surface area contributed by atoms with Crippen LogP contribution in [0.15, 0.2) is 104 Å². The van der Waals surface area contributed by atoms with E-state index in [0.717, 1.165) is 33.3 Å². The second-order valence-electron chi connectivity index (χ2n) is 10.3. The van der Waals surface area contributed by atoms with Crippen LogP contribution >= 0.6 is 12.2 Å². The van der Waals surface area contributed by atoms with Gasteiger partial charge in [0.05, 0.1) is 41.3 Å². The number of aliphatic hydroxyl groups is 1. The molecule has 0 saturated heterocycles. The number of anilines is 2. The van der Waals surface area contributed by atoms with Gasteiger partial charge in [-0.15, -0.1) is 0 Å². The summed E-state index contributed by atoms with van der Waals surface area (Å²) in [6.45, 7) is 4.07. The number of aryl methyl sites for hydroxylation is 3. The van der Waals surface area contributed by atoms with Crippen molar-refractivity contribution in [1.29, 1.82) is 0 Å². The minimum atomic E-state index is -1.47. The summed E-state index contributed by atoms with van der Waals surface area (Å²) in [6, 6.07) is 25.5. The summed E-state index contributed by atoms with van der Waals surface area (Å²) in [5.41, 5.74) is 5.89. The van der Waals surface area contributed by atoms with E-state index in [0.29, 0.717) is 33.5 Å². The molecule has 0 aliphatic heterocycles. The second kappa shape index (κ2) is 11.1. The average Bonchev–Trinajstić information content (AvgIpc) is 3.43. The number of imidazole rings is 1. The van der Waals surface area contributed by atoms with Crippen molar-refractivity contribution < 1.29 is 5.11 Å². The predicted molar refractivity (Wildman–Crippen MR) is 170 cm³/mol. The molecule has 0 aliphatic rings. The summed E-state index contributed by atoms with van der Waals surface area (Å²) in [5.74, 6) is 0.355. The van der Waals surface area contributed by atoms with Gasteiger partial charge in [0.2, 0.25) is 5.95 Å². The molecule has 6 rings (SSSR count). The zero-order chi connectivity index (χ0) is 29.3. The third-order valence-corrected chi connectivity index (χ3v) is 7.41. The molecule has 0 fully saturated rings. The van der Waals surface area contributed by atoms with E-state index in [9.17, 15) is 5.11 Å². The molecule has 1 unspecified atom stereocenters.